The molecule has 26 heavy (non-hydrogen) atoms. The number of anilines is 1. The van der Waals surface area contributed by atoms with Gasteiger partial charge in [0.1, 0.15) is 11.4 Å². The average molecular weight is 372 g/mol. The first-order chi connectivity index (χ1) is 12.2. The van der Waals surface area contributed by atoms with E-state index in [2.05, 4.69) is 21.5 Å². The van der Waals surface area contributed by atoms with Gasteiger partial charge in [-0.25, -0.2) is 0 Å². The van der Waals surface area contributed by atoms with Crippen LogP contribution in [-0.2, 0) is 11.2 Å². The summed E-state index contributed by atoms with van der Waals surface area (Å²) in [7, 11) is 0. The third-order valence-corrected chi connectivity index (χ3v) is 3.70. The molecule has 3 N–H and O–H groups in total. The summed E-state index contributed by atoms with van der Waals surface area (Å²) in [6.45, 7) is 3.38. The zero-order chi connectivity index (χ0) is 19.3. The summed E-state index contributed by atoms with van der Waals surface area (Å²) in [5.41, 5.74) is 0.154. The van der Waals surface area contributed by atoms with Gasteiger partial charge in [0.15, 0.2) is 0 Å². The number of terminal acetylenes is 1. The van der Waals surface area contributed by atoms with Crippen molar-refractivity contribution in [2.24, 2.45) is 0 Å². The van der Waals surface area contributed by atoms with Gasteiger partial charge in [0.25, 0.3) is 5.91 Å². The maximum Gasteiger partial charge on any atom is 0.271 e. The van der Waals surface area contributed by atoms with Crippen LogP contribution in [0.25, 0.3) is 0 Å². The van der Waals surface area contributed by atoms with Crippen molar-refractivity contribution in [1.29, 1.82) is 0 Å². The number of hydrogen-bond acceptors (Lipinski definition) is 4. The number of halogens is 1. The second kappa shape index (κ2) is 7.89. The lowest BCUT2D eigenvalue weighted by Gasteiger charge is -2.19. The Labute approximate surface area is 156 Å². The van der Waals surface area contributed by atoms with Crippen molar-refractivity contribution in [3.05, 3.63) is 52.8 Å². The summed E-state index contributed by atoms with van der Waals surface area (Å²) in [5.74, 6) is 1.60. The van der Waals surface area contributed by atoms with Gasteiger partial charge in [-0.15, -0.1) is 6.42 Å². The van der Waals surface area contributed by atoms with Crippen LogP contribution in [0.4, 0.5) is 5.69 Å². The number of phenols is 1. The van der Waals surface area contributed by atoms with Crippen LogP contribution in [0.5, 0.6) is 5.75 Å². The molecule has 0 bridgehead atoms. The lowest BCUT2D eigenvalue weighted by atomic mass is 10.1. The van der Waals surface area contributed by atoms with Crippen LogP contribution < -0.4 is 10.6 Å². The standard InChI is InChI=1S/C19H18ClN3O3/c1-4-19(2,3)23-18(26)15-11-14(7-8-21-15)22-17(25)9-12-5-6-13(20)10-16(12)24/h1,5-8,10-11,24H,9H2,2-3H3,(H,23,26)(H,21,22,25). The first kappa shape index (κ1) is 19.3. The van der Waals surface area contributed by atoms with Crippen molar-refractivity contribution in [3.8, 4) is 18.1 Å². The zero-order valence-electron chi connectivity index (χ0n) is 14.3. The van der Waals surface area contributed by atoms with E-state index in [1.54, 1.807) is 32.0 Å². The maximum absolute atomic E-state index is 12.2. The van der Waals surface area contributed by atoms with Gasteiger partial charge in [-0.05, 0) is 38.1 Å². The second-order valence-electron chi connectivity index (χ2n) is 6.15. The number of rotatable bonds is 5. The van der Waals surface area contributed by atoms with Crippen molar-refractivity contribution in [2.45, 2.75) is 25.8 Å². The van der Waals surface area contributed by atoms with Gasteiger partial charge in [-0.2, -0.15) is 0 Å². The highest BCUT2D eigenvalue weighted by Gasteiger charge is 2.19. The molecule has 1 heterocycles. The number of phenolic OH excluding ortho intramolecular Hbond substituents is 1. The molecule has 2 amide bonds. The Kier molecular flexibility index (Phi) is 5.86. The summed E-state index contributed by atoms with van der Waals surface area (Å²) in [6, 6.07) is 7.53. The molecule has 7 heteroatoms. The molecule has 0 spiro atoms. The van der Waals surface area contributed by atoms with E-state index in [0.717, 1.165) is 0 Å². The van der Waals surface area contributed by atoms with Gasteiger partial charge in [-0.3, -0.25) is 14.6 Å². The fraction of sp³-hybridized carbons (Fsp3) is 0.211. The van der Waals surface area contributed by atoms with Crippen LogP contribution in [-0.4, -0.2) is 27.4 Å². The molecule has 0 atom stereocenters. The van der Waals surface area contributed by atoms with Crippen LogP contribution in [0.1, 0.15) is 29.9 Å². The van der Waals surface area contributed by atoms with E-state index < -0.39 is 11.4 Å². The van der Waals surface area contributed by atoms with E-state index in [0.29, 0.717) is 16.3 Å². The average Bonchev–Trinajstić information content (AvgIpc) is 2.57. The van der Waals surface area contributed by atoms with Crippen LogP contribution in [0.15, 0.2) is 36.5 Å². The van der Waals surface area contributed by atoms with Crippen molar-refractivity contribution in [1.82, 2.24) is 10.3 Å². The molecule has 1 aromatic carbocycles. The molecule has 2 rings (SSSR count). The molecule has 0 unspecified atom stereocenters. The minimum Gasteiger partial charge on any atom is -0.508 e. The molecular formula is C19H18ClN3O3. The van der Waals surface area contributed by atoms with E-state index in [1.807, 2.05) is 0 Å². The van der Waals surface area contributed by atoms with E-state index in [1.165, 1.54) is 18.3 Å². The van der Waals surface area contributed by atoms with E-state index >= 15 is 0 Å². The van der Waals surface area contributed by atoms with E-state index in [-0.39, 0.29) is 23.8 Å². The van der Waals surface area contributed by atoms with E-state index in [4.69, 9.17) is 18.0 Å². The number of hydrogen-bond donors (Lipinski definition) is 3. The molecule has 0 saturated heterocycles. The van der Waals surface area contributed by atoms with Gasteiger partial charge < -0.3 is 15.7 Å². The largest absolute Gasteiger partial charge is 0.508 e. The Morgan fingerprint density at radius 3 is 2.69 bits per heavy atom. The van der Waals surface area contributed by atoms with Gasteiger partial charge >= 0.3 is 0 Å². The third kappa shape index (κ3) is 5.23. The summed E-state index contributed by atoms with van der Waals surface area (Å²) in [5, 5.41) is 15.5. The lowest BCUT2D eigenvalue weighted by molar-refractivity contribution is -0.115. The monoisotopic (exact) mass is 371 g/mol. The Bertz CT molecular complexity index is 888. The van der Waals surface area contributed by atoms with Crippen molar-refractivity contribution < 1.29 is 14.7 Å². The van der Waals surface area contributed by atoms with Crippen LogP contribution in [0.2, 0.25) is 5.02 Å². The predicted octanol–water partition coefficient (Wildman–Crippen LogP) is 2.76. The van der Waals surface area contributed by atoms with Crippen molar-refractivity contribution in [3.63, 3.8) is 0 Å². The molecular weight excluding hydrogens is 354 g/mol. The molecule has 2 aromatic rings. The number of benzene rings is 1. The summed E-state index contributed by atoms with van der Waals surface area (Å²) >= 11 is 5.77. The molecule has 0 aliphatic carbocycles. The number of pyridine rings is 1. The fourth-order valence-corrected chi connectivity index (χ4v) is 2.25. The third-order valence-electron chi connectivity index (χ3n) is 3.46. The first-order valence-electron chi connectivity index (χ1n) is 7.74. The quantitative estimate of drug-likeness (QED) is 0.705. The SMILES string of the molecule is C#CC(C)(C)NC(=O)c1cc(NC(=O)Cc2ccc(Cl)cc2O)ccn1. The highest BCUT2D eigenvalue weighted by atomic mass is 35.5. The summed E-state index contributed by atoms with van der Waals surface area (Å²) in [4.78, 5) is 28.4. The lowest BCUT2D eigenvalue weighted by Crippen LogP contribution is -2.42. The maximum atomic E-state index is 12.2. The van der Waals surface area contributed by atoms with Gasteiger partial charge in [0.2, 0.25) is 5.91 Å². The Morgan fingerprint density at radius 2 is 2.04 bits per heavy atom. The fourth-order valence-electron chi connectivity index (χ4n) is 2.08. The highest BCUT2D eigenvalue weighted by molar-refractivity contribution is 6.30. The number of nitrogens with one attached hydrogen (secondary N) is 2. The van der Waals surface area contributed by atoms with Gasteiger partial charge in [0, 0.05) is 22.5 Å². The van der Waals surface area contributed by atoms with Crippen molar-refractivity contribution >= 4 is 29.1 Å². The van der Waals surface area contributed by atoms with Crippen LogP contribution in [0, 0.1) is 12.3 Å². The van der Waals surface area contributed by atoms with Crippen LogP contribution in [0.3, 0.4) is 0 Å². The summed E-state index contributed by atoms with van der Waals surface area (Å²) in [6.07, 6.45) is 6.72. The first-order valence-corrected chi connectivity index (χ1v) is 8.11. The molecule has 134 valence electrons. The topological polar surface area (TPSA) is 91.3 Å². The molecule has 0 saturated carbocycles. The molecule has 0 radical (unpaired) electrons. The minimum atomic E-state index is -0.815. The molecule has 0 aliphatic rings. The molecule has 1 aromatic heterocycles. The number of carbonyl (C=O) groups is 2. The predicted molar refractivity (Wildman–Crippen MR) is 100 cm³/mol. The van der Waals surface area contributed by atoms with E-state index in [9.17, 15) is 14.7 Å². The number of aromatic nitrogens is 1. The molecule has 0 fully saturated rings. The number of aromatic hydroxyl groups is 1. The Balaban J connectivity index is 2.07. The Morgan fingerprint density at radius 1 is 1.31 bits per heavy atom. The highest BCUT2D eigenvalue weighted by Crippen LogP contribution is 2.22. The number of nitrogens with zero attached hydrogens (tertiary/aromatic N) is 1. The van der Waals surface area contributed by atoms with Crippen molar-refractivity contribution in [2.75, 3.05) is 5.32 Å². The minimum absolute atomic E-state index is 0.0447. The van der Waals surface area contributed by atoms with Gasteiger partial charge in [-0.1, -0.05) is 23.6 Å². The molecule has 6 nitrogen and oxygen atoms in total. The zero-order valence-corrected chi connectivity index (χ0v) is 15.1. The van der Waals surface area contributed by atoms with Gasteiger partial charge in [0.05, 0.1) is 12.0 Å². The number of amides is 2. The normalized spacial score (nSPS) is 10.7. The number of carbonyl (C=O) groups excluding carboxylic acids is 2. The smallest absolute Gasteiger partial charge is 0.271 e. The molecule has 0 aliphatic heterocycles. The summed E-state index contributed by atoms with van der Waals surface area (Å²) < 4.78 is 0. The Hall–Kier alpha value is -3.04. The van der Waals surface area contributed by atoms with Crippen LogP contribution >= 0.6 is 11.6 Å². The second-order valence-corrected chi connectivity index (χ2v) is 6.59.